The van der Waals surface area contributed by atoms with Crippen molar-refractivity contribution < 1.29 is 24.2 Å². The molecular weight excluding hydrogens is 649 g/mol. The normalized spacial score (nSPS) is 11.6. The molecule has 0 aromatic heterocycles. The number of nitrogens with zero attached hydrogens (tertiary/aromatic N) is 2. The highest BCUT2D eigenvalue weighted by Crippen LogP contribution is 2.12. The number of aliphatic hydroxyl groups excluding tert-OH is 1. The summed E-state index contributed by atoms with van der Waals surface area (Å²) in [6.45, 7) is 13.9. The maximum absolute atomic E-state index is 12.4. The van der Waals surface area contributed by atoms with Crippen LogP contribution in [0, 0.1) is 0 Å². The van der Waals surface area contributed by atoms with Gasteiger partial charge < -0.3 is 19.5 Å². The van der Waals surface area contributed by atoms with Crippen LogP contribution in [-0.2, 0) is 19.1 Å². The van der Waals surface area contributed by atoms with Gasteiger partial charge in [0.25, 0.3) is 0 Å². The largest absolute Gasteiger partial charge is 0.466 e. The van der Waals surface area contributed by atoms with E-state index in [-0.39, 0.29) is 18.5 Å². The van der Waals surface area contributed by atoms with E-state index in [2.05, 4.69) is 30.6 Å². The summed E-state index contributed by atoms with van der Waals surface area (Å²) in [4.78, 5) is 29.4. The van der Waals surface area contributed by atoms with Crippen molar-refractivity contribution >= 4 is 11.9 Å². The lowest BCUT2D eigenvalue weighted by Gasteiger charge is -2.22. The van der Waals surface area contributed by atoms with E-state index in [4.69, 9.17) is 9.47 Å². The maximum Gasteiger partial charge on any atom is 0.305 e. The first-order valence-electron chi connectivity index (χ1n) is 22.9. The van der Waals surface area contributed by atoms with Crippen LogP contribution in [0.4, 0.5) is 0 Å². The van der Waals surface area contributed by atoms with Crippen molar-refractivity contribution in [3.05, 3.63) is 0 Å². The van der Waals surface area contributed by atoms with Gasteiger partial charge in [-0.1, -0.05) is 162 Å². The average molecular weight is 739 g/mol. The van der Waals surface area contributed by atoms with Crippen LogP contribution in [0.2, 0.25) is 0 Å². The second kappa shape index (κ2) is 42.6. The van der Waals surface area contributed by atoms with E-state index in [1.807, 2.05) is 0 Å². The van der Waals surface area contributed by atoms with Gasteiger partial charge in [-0.2, -0.15) is 0 Å². The van der Waals surface area contributed by atoms with Gasteiger partial charge >= 0.3 is 11.9 Å². The Morgan fingerprint density at radius 3 is 1.08 bits per heavy atom. The summed E-state index contributed by atoms with van der Waals surface area (Å²) >= 11 is 0. The average Bonchev–Trinajstić information content (AvgIpc) is 3.14. The van der Waals surface area contributed by atoms with Crippen molar-refractivity contribution in [1.29, 1.82) is 0 Å². The number of carbonyl (C=O) groups excluding carboxylic acids is 2. The van der Waals surface area contributed by atoms with Crippen molar-refractivity contribution in [2.24, 2.45) is 0 Å². The molecule has 0 aliphatic heterocycles. The number of aliphatic hydroxyl groups is 1. The molecule has 52 heavy (non-hydrogen) atoms. The van der Waals surface area contributed by atoms with Crippen molar-refractivity contribution in [3.8, 4) is 0 Å². The van der Waals surface area contributed by atoms with Crippen molar-refractivity contribution in [2.45, 2.75) is 220 Å². The predicted molar refractivity (Wildman–Crippen MR) is 222 cm³/mol. The zero-order chi connectivity index (χ0) is 38.0. The second-order valence-corrected chi connectivity index (χ2v) is 15.5. The molecule has 0 saturated carbocycles. The third-order valence-corrected chi connectivity index (χ3v) is 10.5. The quantitative estimate of drug-likeness (QED) is 0.0493. The molecule has 0 atom stereocenters. The van der Waals surface area contributed by atoms with Crippen molar-refractivity contribution in [2.75, 3.05) is 59.1 Å². The molecule has 0 fully saturated rings. The molecule has 7 heteroatoms. The monoisotopic (exact) mass is 739 g/mol. The number of rotatable bonds is 43. The number of hydrogen-bond donors (Lipinski definition) is 1. The van der Waals surface area contributed by atoms with Crippen LogP contribution in [0.1, 0.15) is 220 Å². The first-order chi connectivity index (χ1) is 25.6. The number of carbonyl (C=O) groups is 2. The summed E-state index contributed by atoms with van der Waals surface area (Å²) in [5.74, 6) is -0.0930. The van der Waals surface area contributed by atoms with Gasteiger partial charge in [-0.05, 0) is 71.1 Å². The van der Waals surface area contributed by atoms with Crippen LogP contribution < -0.4 is 0 Å². The van der Waals surface area contributed by atoms with Crippen LogP contribution >= 0.6 is 0 Å². The lowest BCUT2D eigenvalue weighted by Crippen LogP contribution is -2.30. The fourth-order valence-corrected chi connectivity index (χ4v) is 6.99. The zero-order valence-corrected chi connectivity index (χ0v) is 35.3. The minimum absolute atomic E-state index is 0.0414. The van der Waals surface area contributed by atoms with Gasteiger partial charge in [0.15, 0.2) is 0 Å². The summed E-state index contributed by atoms with van der Waals surface area (Å²) in [6, 6.07) is 0. The molecule has 0 heterocycles. The van der Waals surface area contributed by atoms with Gasteiger partial charge in [-0.25, -0.2) is 0 Å². The Balaban J connectivity index is 3.90. The van der Waals surface area contributed by atoms with Crippen LogP contribution in [0.15, 0.2) is 0 Å². The van der Waals surface area contributed by atoms with Gasteiger partial charge in [0.05, 0.1) is 13.2 Å². The lowest BCUT2D eigenvalue weighted by atomic mass is 10.1. The summed E-state index contributed by atoms with van der Waals surface area (Å²) in [5, 5.41) is 9.52. The molecule has 0 aromatic carbocycles. The Labute approximate surface area is 324 Å². The van der Waals surface area contributed by atoms with Crippen LogP contribution in [0.5, 0.6) is 0 Å². The molecule has 0 radical (unpaired) electrons. The molecule has 0 spiro atoms. The number of unbranched alkanes of at least 4 members (excludes halogenated alkanes) is 24. The molecule has 0 aromatic rings. The maximum atomic E-state index is 12.4. The predicted octanol–water partition coefficient (Wildman–Crippen LogP) is 11.8. The Morgan fingerprint density at radius 1 is 0.365 bits per heavy atom. The highest BCUT2D eigenvalue weighted by atomic mass is 16.5. The number of esters is 2. The highest BCUT2D eigenvalue weighted by molar-refractivity contribution is 5.69. The van der Waals surface area contributed by atoms with E-state index in [0.29, 0.717) is 32.6 Å². The van der Waals surface area contributed by atoms with E-state index in [1.54, 1.807) is 0 Å². The lowest BCUT2D eigenvalue weighted by molar-refractivity contribution is -0.145. The summed E-state index contributed by atoms with van der Waals surface area (Å²) < 4.78 is 11.1. The fraction of sp³-hybridized carbons (Fsp3) is 0.956. The van der Waals surface area contributed by atoms with E-state index < -0.39 is 0 Å². The Bertz CT molecular complexity index is 721. The molecule has 7 nitrogen and oxygen atoms in total. The minimum atomic E-state index is -0.0516. The molecule has 0 rings (SSSR count). The Morgan fingerprint density at radius 2 is 0.673 bits per heavy atom. The molecule has 310 valence electrons. The highest BCUT2D eigenvalue weighted by Gasteiger charge is 2.09. The molecular formula is C45H90N2O5. The topological polar surface area (TPSA) is 79.3 Å². The molecule has 0 aliphatic carbocycles. The summed E-state index contributed by atoms with van der Waals surface area (Å²) in [5.41, 5.74) is 0. The van der Waals surface area contributed by atoms with Crippen LogP contribution in [0.3, 0.4) is 0 Å². The van der Waals surface area contributed by atoms with Gasteiger partial charge in [0.1, 0.15) is 6.61 Å². The number of ether oxygens (including phenoxy) is 2. The van der Waals surface area contributed by atoms with E-state index >= 15 is 0 Å². The van der Waals surface area contributed by atoms with Crippen LogP contribution in [0.25, 0.3) is 0 Å². The van der Waals surface area contributed by atoms with Gasteiger partial charge in [-0.3, -0.25) is 14.5 Å². The molecule has 0 amide bonds. The van der Waals surface area contributed by atoms with Crippen molar-refractivity contribution in [3.63, 3.8) is 0 Å². The molecule has 1 N–H and O–H groups in total. The van der Waals surface area contributed by atoms with E-state index in [0.717, 1.165) is 96.9 Å². The molecule has 0 saturated heterocycles. The van der Waals surface area contributed by atoms with Gasteiger partial charge in [0.2, 0.25) is 0 Å². The second-order valence-electron chi connectivity index (χ2n) is 15.5. The Hall–Kier alpha value is -1.18. The smallest absolute Gasteiger partial charge is 0.305 e. The standard InChI is InChI=1S/C45H90N2O5/c1-4-7-10-13-16-17-18-24-32-42-51-44(49)34-27-25-31-36-46(39-41-48)35-28-23-19-20-26-33-45(50)52-43-40-47(37-29-21-14-11-8-5-2)38-30-22-15-12-9-6-3/h48H,4-43H2,1-3H3. The minimum Gasteiger partial charge on any atom is -0.466 e. The van der Waals surface area contributed by atoms with Crippen molar-refractivity contribution in [1.82, 2.24) is 9.80 Å². The first kappa shape index (κ1) is 50.8. The third kappa shape index (κ3) is 38.5. The number of hydrogen-bond acceptors (Lipinski definition) is 7. The molecule has 0 unspecified atom stereocenters. The van der Waals surface area contributed by atoms with E-state index in [9.17, 15) is 14.7 Å². The molecule has 0 aliphatic rings. The van der Waals surface area contributed by atoms with Gasteiger partial charge in [0, 0.05) is 25.9 Å². The fourth-order valence-electron chi connectivity index (χ4n) is 6.99. The van der Waals surface area contributed by atoms with E-state index in [1.165, 1.54) is 122 Å². The summed E-state index contributed by atoms with van der Waals surface area (Å²) in [6.07, 6.45) is 36.6. The first-order valence-corrected chi connectivity index (χ1v) is 22.9. The molecule has 0 bridgehead atoms. The zero-order valence-electron chi connectivity index (χ0n) is 35.3. The SMILES string of the molecule is CCCCCCCCCCCOC(=O)CCCCCN(CCO)CCCCCCCC(=O)OCCN(CCCCCCCC)CCCCCCCC. The van der Waals surface area contributed by atoms with Gasteiger partial charge in [-0.15, -0.1) is 0 Å². The Kier molecular flexibility index (Phi) is 41.6. The van der Waals surface area contributed by atoms with Crippen LogP contribution in [-0.4, -0.2) is 85.9 Å². The summed E-state index contributed by atoms with van der Waals surface area (Å²) in [7, 11) is 0. The third-order valence-electron chi connectivity index (χ3n) is 10.5.